The molecule has 0 atom stereocenters. The summed E-state index contributed by atoms with van der Waals surface area (Å²) in [5, 5.41) is 4.50. The first kappa shape index (κ1) is 16.7. The Labute approximate surface area is 153 Å². The summed E-state index contributed by atoms with van der Waals surface area (Å²) in [7, 11) is -3.79. The molecule has 4 rings (SSSR count). The number of hydrogen-bond donors (Lipinski definition) is 1. The van der Waals surface area contributed by atoms with Crippen LogP contribution in [0, 0.1) is 13.8 Å². The zero-order chi connectivity index (χ0) is 18.3. The molecule has 0 amide bonds. The van der Waals surface area contributed by atoms with Gasteiger partial charge in [-0.25, -0.2) is 13.4 Å². The van der Waals surface area contributed by atoms with Gasteiger partial charge in [0.15, 0.2) is 10.7 Å². The van der Waals surface area contributed by atoms with Gasteiger partial charge < -0.3 is 4.52 Å². The van der Waals surface area contributed by atoms with Gasteiger partial charge in [-0.15, -0.1) is 11.3 Å². The molecular formula is C17H14N4O3S2. The number of aryl methyl sites for hydroxylation is 2. The summed E-state index contributed by atoms with van der Waals surface area (Å²) in [5.74, 6) is 0.254. The highest BCUT2D eigenvalue weighted by molar-refractivity contribution is 7.92. The number of hydrogen-bond acceptors (Lipinski definition) is 7. The van der Waals surface area contributed by atoms with Gasteiger partial charge in [0.05, 0.1) is 10.2 Å². The van der Waals surface area contributed by atoms with Crippen molar-refractivity contribution in [2.45, 2.75) is 18.7 Å². The quantitative estimate of drug-likeness (QED) is 0.573. The van der Waals surface area contributed by atoms with E-state index < -0.39 is 10.0 Å². The Morgan fingerprint density at radius 2 is 2.04 bits per heavy atom. The maximum atomic E-state index is 12.7. The lowest BCUT2D eigenvalue weighted by atomic mass is 10.2. The van der Waals surface area contributed by atoms with Crippen molar-refractivity contribution < 1.29 is 12.9 Å². The monoisotopic (exact) mass is 386 g/mol. The van der Waals surface area contributed by atoms with E-state index >= 15 is 0 Å². The van der Waals surface area contributed by atoms with Crippen LogP contribution in [-0.2, 0) is 10.0 Å². The van der Waals surface area contributed by atoms with E-state index in [1.54, 1.807) is 44.4 Å². The second-order valence-electron chi connectivity index (χ2n) is 5.70. The molecule has 0 fully saturated rings. The largest absolute Gasteiger partial charge is 0.360 e. The molecule has 0 radical (unpaired) electrons. The molecule has 7 nitrogen and oxygen atoms in total. The highest BCUT2D eigenvalue weighted by Crippen LogP contribution is 2.31. The Balaban J connectivity index is 1.70. The number of pyridine rings is 1. The van der Waals surface area contributed by atoms with E-state index in [9.17, 15) is 8.42 Å². The van der Waals surface area contributed by atoms with Crippen molar-refractivity contribution in [1.29, 1.82) is 0 Å². The van der Waals surface area contributed by atoms with Crippen molar-refractivity contribution in [3.63, 3.8) is 0 Å². The molecule has 0 aliphatic rings. The smallest absolute Gasteiger partial charge is 0.267 e. The van der Waals surface area contributed by atoms with Gasteiger partial charge in [0.2, 0.25) is 0 Å². The van der Waals surface area contributed by atoms with E-state index in [1.165, 1.54) is 11.3 Å². The van der Waals surface area contributed by atoms with Gasteiger partial charge >= 0.3 is 0 Å². The first-order valence-corrected chi connectivity index (χ1v) is 10.0. The number of sulfonamides is 1. The molecule has 1 aromatic carbocycles. The molecule has 3 heterocycles. The number of thiazole rings is 1. The standard InChI is InChI=1S/C17H14N4O3S2/c1-10-16(11(2)24-20-10)26(22,23)21-13-5-3-4-12(8-13)17-19-14-6-7-18-9-15(14)25-17/h3-9,21H,1-2H3. The van der Waals surface area contributed by atoms with Crippen LogP contribution in [0.1, 0.15) is 11.5 Å². The van der Waals surface area contributed by atoms with Crippen molar-refractivity contribution in [2.75, 3.05) is 4.72 Å². The maximum Gasteiger partial charge on any atom is 0.267 e. The SMILES string of the molecule is Cc1noc(C)c1S(=O)(=O)Nc1cccc(-c2nc3ccncc3s2)c1. The second kappa shape index (κ2) is 6.19. The van der Waals surface area contributed by atoms with Crippen LogP contribution in [0.5, 0.6) is 0 Å². The topological polar surface area (TPSA) is 98.0 Å². The molecular weight excluding hydrogens is 372 g/mol. The van der Waals surface area contributed by atoms with E-state index in [0.29, 0.717) is 11.4 Å². The molecule has 26 heavy (non-hydrogen) atoms. The van der Waals surface area contributed by atoms with E-state index in [-0.39, 0.29) is 10.7 Å². The van der Waals surface area contributed by atoms with E-state index in [1.807, 2.05) is 12.1 Å². The molecule has 4 aromatic rings. The number of benzene rings is 1. The number of fused-ring (bicyclic) bond motifs is 1. The third-order valence-corrected chi connectivity index (χ3v) is 6.47. The van der Waals surface area contributed by atoms with Gasteiger partial charge in [-0.2, -0.15) is 0 Å². The lowest BCUT2D eigenvalue weighted by molar-refractivity contribution is 0.390. The Bertz CT molecular complexity index is 1160. The number of nitrogens with zero attached hydrogens (tertiary/aromatic N) is 3. The summed E-state index contributed by atoms with van der Waals surface area (Å²) in [6.07, 6.45) is 3.46. The lowest BCUT2D eigenvalue weighted by Gasteiger charge is -2.08. The number of nitrogens with one attached hydrogen (secondary N) is 1. The number of anilines is 1. The van der Waals surface area contributed by atoms with Gasteiger partial charge in [0, 0.05) is 23.6 Å². The second-order valence-corrected chi connectivity index (χ2v) is 8.35. The van der Waals surface area contributed by atoms with E-state index in [4.69, 9.17) is 4.52 Å². The Kier molecular flexibility index (Phi) is 3.97. The average molecular weight is 386 g/mol. The van der Waals surface area contributed by atoms with Crippen molar-refractivity contribution in [3.8, 4) is 10.6 Å². The molecule has 0 aliphatic heterocycles. The molecule has 0 saturated carbocycles. The van der Waals surface area contributed by atoms with E-state index in [2.05, 4.69) is 19.8 Å². The molecule has 0 unspecified atom stereocenters. The van der Waals surface area contributed by atoms with Gasteiger partial charge in [-0.1, -0.05) is 17.3 Å². The molecule has 0 spiro atoms. The minimum Gasteiger partial charge on any atom is -0.360 e. The predicted molar refractivity (Wildman–Crippen MR) is 99.6 cm³/mol. The van der Waals surface area contributed by atoms with Crippen molar-refractivity contribution >= 4 is 37.3 Å². The van der Waals surface area contributed by atoms with Gasteiger partial charge in [0.1, 0.15) is 10.7 Å². The van der Waals surface area contributed by atoms with Crippen LogP contribution < -0.4 is 4.72 Å². The fourth-order valence-corrected chi connectivity index (χ4v) is 4.99. The molecule has 132 valence electrons. The molecule has 1 N–H and O–H groups in total. The summed E-state index contributed by atoms with van der Waals surface area (Å²) in [5.41, 5.74) is 2.46. The Hall–Kier alpha value is -2.78. The Morgan fingerprint density at radius 1 is 1.19 bits per heavy atom. The summed E-state index contributed by atoms with van der Waals surface area (Å²) in [6.45, 7) is 3.16. The van der Waals surface area contributed by atoms with Crippen LogP contribution >= 0.6 is 11.3 Å². The van der Waals surface area contributed by atoms with Crippen LogP contribution in [0.15, 0.2) is 52.1 Å². The van der Waals surface area contributed by atoms with Crippen LogP contribution in [0.4, 0.5) is 5.69 Å². The minimum atomic E-state index is -3.79. The van der Waals surface area contributed by atoms with Crippen molar-refractivity contribution in [3.05, 3.63) is 54.2 Å². The summed E-state index contributed by atoms with van der Waals surface area (Å²) < 4.78 is 33.8. The summed E-state index contributed by atoms with van der Waals surface area (Å²) >= 11 is 1.50. The number of aromatic nitrogens is 3. The molecule has 0 saturated heterocycles. The normalized spacial score (nSPS) is 11.8. The summed E-state index contributed by atoms with van der Waals surface area (Å²) in [4.78, 5) is 8.73. The maximum absolute atomic E-state index is 12.7. The Morgan fingerprint density at radius 3 is 2.77 bits per heavy atom. The molecule has 0 bridgehead atoms. The molecule has 3 aromatic heterocycles. The summed E-state index contributed by atoms with van der Waals surface area (Å²) in [6, 6.07) is 8.96. The zero-order valence-electron chi connectivity index (χ0n) is 13.9. The van der Waals surface area contributed by atoms with Crippen LogP contribution in [0.25, 0.3) is 20.8 Å². The minimum absolute atomic E-state index is 0.0639. The highest BCUT2D eigenvalue weighted by Gasteiger charge is 2.24. The van der Waals surface area contributed by atoms with Gasteiger partial charge in [0.25, 0.3) is 10.0 Å². The fraction of sp³-hybridized carbons (Fsp3) is 0.118. The van der Waals surface area contributed by atoms with E-state index in [0.717, 1.165) is 20.8 Å². The highest BCUT2D eigenvalue weighted by atomic mass is 32.2. The zero-order valence-corrected chi connectivity index (χ0v) is 15.6. The average Bonchev–Trinajstić information content (AvgIpc) is 3.18. The van der Waals surface area contributed by atoms with Crippen molar-refractivity contribution in [2.24, 2.45) is 0 Å². The van der Waals surface area contributed by atoms with Crippen LogP contribution in [0.3, 0.4) is 0 Å². The first-order valence-electron chi connectivity index (χ1n) is 7.71. The fourth-order valence-electron chi connectivity index (χ4n) is 2.68. The molecule has 0 aliphatic carbocycles. The lowest BCUT2D eigenvalue weighted by Crippen LogP contribution is -2.14. The third kappa shape index (κ3) is 2.95. The number of rotatable bonds is 4. The third-order valence-electron chi connectivity index (χ3n) is 3.79. The van der Waals surface area contributed by atoms with Gasteiger partial charge in [-0.05, 0) is 32.0 Å². The van der Waals surface area contributed by atoms with Crippen LogP contribution in [0.2, 0.25) is 0 Å². The van der Waals surface area contributed by atoms with Crippen molar-refractivity contribution in [1.82, 2.24) is 15.1 Å². The first-order chi connectivity index (χ1) is 12.4. The van der Waals surface area contributed by atoms with Gasteiger partial charge in [-0.3, -0.25) is 9.71 Å². The molecule has 9 heteroatoms. The van der Waals surface area contributed by atoms with Crippen LogP contribution in [-0.4, -0.2) is 23.5 Å². The predicted octanol–water partition coefficient (Wildman–Crippen LogP) is 3.76.